The summed E-state index contributed by atoms with van der Waals surface area (Å²) in [6.45, 7) is 0. The monoisotopic (exact) mass is 319 g/mol. The Morgan fingerprint density at radius 3 is 2.82 bits per heavy atom. The smallest absolute Gasteiger partial charge is 0.339 e. The molecule has 0 aliphatic carbocycles. The van der Waals surface area contributed by atoms with Crippen LogP contribution in [0.5, 0.6) is 0 Å². The second kappa shape index (κ2) is 5.77. The summed E-state index contributed by atoms with van der Waals surface area (Å²) >= 11 is 5.66. The first-order chi connectivity index (χ1) is 10.5. The van der Waals surface area contributed by atoms with Gasteiger partial charge in [-0.2, -0.15) is 0 Å². The summed E-state index contributed by atoms with van der Waals surface area (Å²) in [5, 5.41) is 2.64. The number of benzene rings is 2. The number of fused-ring (bicyclic) bond motifs is 1. The Kier molecular flexibility index (Phi) is 3.81. The van der Waals surface area contributed by atoms with Crippen LogP contribution in [0.25, 0.3) is 0 Å². The maximum atomic E-state index is 13.7. The van der Waals surface area contributed by atoms with Crippen molar-refractivity contribution in [3.8, 4) is 0 Å². The molecule has 1 atom stereocenters. The number of anilines is 1. The van der Waals surface area contributed by atoms with Crippen molar-refractivity contribution in [1.29, 1.82) is 0 Å². The van der Waals surface area contributed by atoms with Gasteiger partial charge in [0, 0.05) is 11.4 Å². The third-order valence-electron chi connectivity index (χ3n) is 3.37. The van der Waals surface area contributed by atoms with Gasteiger partial charge < -0.3 is 10.1 Å². The zero-order chi connectivity index (χ0) is 15.7. The lowest BCUT2D eigenvalue weighted by molar-refractivity contribution is -0.125. The summed E-state index contributed by atoms with van der Waals surface area (Å²) in [5.74, 6) is -1.79. The van der Waals surface area contributed by atoms with E-state index in [-0.39, 0.29) is 17.1 Å². The Hall–Kier alpha value is -2.40. The van der Waals surface area contributed by atoms with Crippen LogP contribution in [0.4, 0.5) is 10.1 Å². The average molecular weight is 320 g/mol. The molecule has 0 bridgehead atoms. The molecule has 4 nitrogen and oxygen atoms in total. The van der Waals surface area contributed by atoms with Gasteiger partial charge in [-0.1, -0.05) is 29.8 Å². The first kappa shape index (κ1) is 14.5. The summed E-state index contributed by atoms with van der Waals surface area (Å²) in [4.78, 5) is 24.0. The lowest BCUT2D eigenvalue weighted by atomic mass is 9.98. The number of esters is 1. The number of nitrogens with one attached hydrogen (secondary N) is 1. The molecular weight excluding hydrogens is 309 g/mol. The highest BCUT2D eigenvalue weighted by Crippen LogP contribution is 2.23. The van der Waals surface area contributed by atoms with E-state index in [0.717, 1.165) is 11.6 Å². The first-order valence-electron chi connectivity index (χ1n) is 6.59. The largest absolute Gasteiger partial charge is 0.448 e. The molecular formula is C16H11ClFNO3. The predicted octanol–water partition coefficient (Wildman–Crippen LogP) is 3.20. The highest BCUT2D eigenvalue weighted by atomic mass is 35.5. The molecule has 22 heavy (non-hydrogen) atoms. The maximum Gasteiger partial charge on any atom is 0.339 e. The summed E-state index contributed by atoms with van der Waals surface area (Å²) in [6.07, 6.45) is -0.736. The van der Waals surface area contributed by atoms with Gasteiger partial charge in [-0.05, 0) is 29.8 Å². The van der Waals surface area contributed by atoms with Gasteiger partial charge in [0.1, 0.15) is 5.82 Å². The molecule has 6 heteroatoms. The number of amides is 1. The molecule has 1 heterocycles. The van der Waals surface area contributed by atoms with Gasteiger partial charge in [0.2, 0.25) is 0 Å². The van der Waals surface area contributed by atoms with Crippen molar-refractivity contribution in [2.45, 2.75) is 12.5 Å². The summed E-state index contributed by atoms with van der Waals surface area (Å²) in [7, 11) is 0. The number of cyclic esters (lactones) is 1. The zero-order valence-corrected chi connectivity index (χ0v) is 12.1. The van der Waals surface area contributed by atoms with E-state index in [1.54, 1.807) is 24.3 Å². The number of carbonyl (C=O) groups is 2. The highest BCUT2D eigenvalue weighted by molar-refractivity contribution is 6.30. The normalized spacial score (nSPS) is 16.6. The SMILES string of the molecule is O=C1O[C@H](C(=O)Nc2ccc(Cl)cc2F)Cc2ccccc21. The van der Waals surface area contributed by atoms with Crippen LogP contribution in [0.2, 0.25) is 5.02 Å². The van der Waals surface area contributed by atoms with E-state index in [4.69, 9.17) is 16.3 Å². The minimum atomic E-state index is -0.988. The van der Waals surface area contributed by atoms with Crippen molar-refractivity contribution < 1.29 is 18.7 Å². The van der Waals surface area contributed by atoms with Crippen LogP contribution in [-0.4, -0.2) is 18.0 Å². The first-order valence-corrected chi connectivity index (χ1v) is 6.97. The zero-order valence-electron chi connectivity index (χ0n) is 11.3. The second-order valence-corrected chi connectivity index (χ2v) is 5.31. The Balaban J connectivity index is 1.78. The van der Waals surface area contributed by atoms with Crippen LogP contribution in [0.15, 0.2) is 42.5 Å². The van der Waals surface area contributed by atoms with Crippen molar-refractivity contribution in [3.05, 3.63) is 64.4 Å². The molecule has 1 amide bonds. The van der Waals surface area contributed by atoms with Gasteiger partial charge in [0.25, 0.3) is 5.91 Å². The van der Waals surface area contributed by atoms with Crippen molar-refractivity contribution in [1.82, 2.24) is 0 Å². The van der Waals surface area contributed by atoms with E-state index in [9.17, 15) is 14.0 Å². The van der Waals surface area contributed by atoms with Crippen LogP contribution in [0.1, 0.15) is 15.9 Å². The molecule has 1 N–H and O–H groups in total. The van der Waals surface area contributed by atoms with E-state index in [0.29, 0.717) is 5.56 Å². The van der Waals surface area contributed by atoms with Gasteiger partial charge >= 0.3 is 5.97 Å². The standard InChI is InChI=1S/C16H11ClFNO3/c17-10-5-6-13(12(18)8-10)19-15(20)14-7-9-3-1-2-4-11(9)16(21)22-14/h1-6,8,14H,7H2,(H,19,20)/t14-/m0/s1. The van der Waals surface area contributed by atoms with Crippen LogP contribution in [-0.2, 0) is 16.0 Å². The van der Waals surface area contributed by atoms with Crippen molar-refractivity contribution in [3.63, 3.8) is 0 Å². The molecule has 2 aromatic rings. The van der Waals surface area contributed by atoms with Gasteiger partial charge in [-0.25, -0.2) is 9.18 Å². The number of halogens is 2. The highest BCUT2D eigenvalue weighted by Gasteiger charge is 2.31. The summed E-state index contributed by atoms with van der Waals surface area (Å²) in [6, 6.07) is 10.8. The van der Waals surface area contributed by atoms with Crippen LogP contribution in [0, 0.1) is 5.82 Å². The predicted molar refractivity (Wildman–Crippen MR) is 79.4 cm³/mol. The molecule has 0 spiro atoms. The third-order valence-corrected chi connectivity index (χ3v) is 3.61. The fourth-order valence-corrected chi connectivity index (χ4v) is 2.44. The quantitative estimate of drug-likeness (QED) is 0.865. The molecule has 0 fully saturated rings. The summed E-state index contributed by atoms with van der Waals surface area (Å²) < 4.78 is 18.8. The Morgan fingerprint density at radius 1 is 1.27 bits per heavy atom. The van der Waals surface area contributed by atoms with E-state index in [2.05, 4.69) is 5.32 Å². The molecule has 0 aromatic heterocycles. The molecule has 1 aliphatic rings. The fourth-order valence-electron chi connectivity index (χ4n) is 2.28. The molecule has 0 radical (unpaired) electrons. The van der Waals surface area contributed by atoms with Crippen molar-refractivity contribution in [2.24, 2.45) is 0 Å². The summed E-state index contributed by atoms with van der Waals surface area (Å²) in [5.41, 5.74) is 1.17. The number of rotatable bonds is 2. The van der Waals surface area contributed by atoms with Crippen LogP contribution < -0.4 is 5.32 Å². The van der Waals surface area contributed by atoms with Gasteiger partial charge in [-0.15, -0.1) is 0 Å². The van der Waals surface area contributed by atoms with E-state index in [1.807, 2.05) is 0 Å². The Labute approximate surface area is 130 Å². The van der Waals surface area contributed by atoms with Crippen molar-refractivity contribution in [2.75, 3.05) is 5.32 Å². The molecule has 0 unspecified atom stereocenters. The lowest BCUT2D eigenvalue weighted by Gasteiger charge is -2.23. The molecule has 112 valence electrons. The van der Waals surface area contributed by atoms with Crippen molar-refractivity contribution >= 4 is 29.2 Å². The number of carbonyl (C=O) groups excluding carboxylic acids is 2. The number of ether oxygens (including phenoxy) is 1. The molecule has 0 saturated carbocycles. The topological polar surface area (TPSA) is 55.4 Å². The minimum Gasteiger partial charge on any atom is -0.448 e. The third kappa shape index (κ3) is 2.80. The van der Waals surface area contributed by atoms with E-state index in [1.165, 1.54) is 12.1 Å². The molecule has 3 rings (SSSR count). The van der Waals surface area contributed by atoms with Crippen LogP contribution in [0.3, 0.4) is 0 Å². The van der Waals surface area contributed by atoms with E-state index < -0.39 is 23.8 Å². The maximum absolute atomic E-state index is 13.7. The average Bonchev–Trinajstić information content (AvgIpc) is 2.50. The lowest BCUT2D eigenvalue weighted by Crippen LogP contribution is -2.38. The molecule has 0 saturated heterocycles. The Morgan fingerprint density at radius 2 is 2.05 bits per heavy atom. The van der Waals surface area contributed by atoms with Gasteiger partial charge in [-0.3, -0.25) is 4.79 Å². The minimum absolute atomic E-state index is 0.00990. The van der Waals surface area contributed by atoms with Crippen LogP contribution >= 0.6 is 11.6 Å². The fraction of sp³-hybridized carbons (Fsp3) is 0.125. The second-order valence-electron chi connectivity index (χ2n) is 4.87. The molecule has 1 aliphatic heterocycles. The molecule has 2 aromatic carbocycles. The number of hydrogen-bond donors (Lipinski definition) is 1. The van der Waals surface area contributed by atoms with Gasteiger partial charge in [0.15, 0.2) is 6.10 Å². The van der Waals surface area contributed by atoms with Gasteiger partial charge in [0.05, 0.1) is 11.3 Å². The Bertz CT molecular complexity index is 763. The number of hydrogen-bond acceptors (Lipinski definition) is 3. The van der Waals surface area contributed by atoms with E-state index >= 15 is 0 Å².